The molecule has 0 amide bonds. The number of piperazine rings is 3. The minimum absolute atomic E-state index is 0.226. The Hall–Kier alpha value is -7.68. The van der Waals surface area contributed by atoms with E-state index in [4.69, 9.17) is 49.8 Å². The fourth-order valence-corrected chi connectivity index (χ4v) is 18.6. The Morgan fingerprint density at radius 3 is 0.857 bits per heavy atom. The van der Waals surface area contributed by atoms with E-state index in [2.05, 4.69) is 29.7 Å². The summed E-state index contributed by atoms with van der Waals surface area (Å²) in [6, 6.07) is 28.1. The van der Waals surface area contributed by atoms with Crippen LogP contribution in [0.4, 0.5) is 0 Å². The molecule has 0 bridgehead atoms. The smallest absolute Gasteiger partial charge is 0.211 e. The van der Waals surface area contributed by atoms with Crippen molar-refractivity contribution in [1.82, 2.24) is 71.2 Å². The maximum absolute atomic E-state index is 12.1. The molecular formula is C75H84Cl3N15O9S3. The number of nitrogens with zero attached hydrogens (tertiary/aromatic N) is 15. The molecule has 105 heavy (non-hydrogen) atoms. The predicted molar refractivity (Wildman–Crippen MR) is 409 cm³/mol. The highest BCUT2D eigenvalue weighted by molar-refractivity contribution is 7.88. The molecule has 30 heteroatoms. The standard InChI is InChI=1S/3C25H28ClN5O3S/c3*1-25(32,22-15-27-16-29(22)2)21-13-17-5-4-8-28-23(17)24(19-7-6-18(26)14-20(19)21)30-9-11-31(12-10-30)35(3,33)34/h3*4-8,13-16,24,32H,9-12H2,1-3H3/t24-,25?;24-,25+;24-,25-/m000/s1. The van der Waals surface area contributed by atoms with Gasteiger partial charge in [0, 0.05) is 133 Å². The lowest BCUT2D eigenvalue weighted by atomic mass is 9.84. The number of imidazole rings is 3. The summed E-state index contributed by atoms with van der Waals surface area (Å²) in [4.78, 5) is 33.7. The molecular weight excluding hydrogens is 1460 g/mol. The summed E-state index contributed by atoms with van der Waals surface area (Å²) in [6.45, 7) is 11.1. The fourth-order valence-electron chi connectivity index (χ4n) is 15.6. The SMILES string of the molecule is Cn1cncc1C(C)(O)C1=Cc2cccnc2[C@@H](N2CCN(S(C)(=O)=O)CC2)c2ccc(Cl)cc21.Cn1cncc1[C@@](C)(O)C1=Cc2cccnc2[C@@H](N2CCN(S(C)(=O)=O)CC2)c2ccc(Cl)cc21.Cn1cncc1[C@](C)(O)C1=Cc2cccnc2[C@@H](N2CCN(S(C)(=O)=O)CC2)c2ccc(Cl)cc21. The molecule has 552 valence electrons. The van der Waals surface area contributed by atoms with Crippen LogP contribution in [-0.2, 0) is 68.0 Å². The Bertz CT molecular complexity index is 4740. The van der Waals surface area contributed by atoms with Crippen LogP contribution in [0.25, 0.3) is 34.9 Å². The largest absolute Gasteiger partial charge is 0.379 e. The van der Waals surface area contributed by atoms with Crippen LogP contribution in [0, 0.1) is 0 Å². The second kappa shape index (κ2) is 29.5. The van der Waals surface area contributed by atoms with Gasteiger partial charge in [-0.25, -0.2) is 40.2 Å². The molecule has 1 unspecified atom stereocenters. The molecule has 3 aromatic carbocycles. The van der Waals surface area contributed by atoms with Crippen LogP contribution < -0.4 is 0 Å². The van der Waals surface area contributed by atoms with Crippen molar-refractivity contribution >= 4 is 99.8 Å². The summed E-state index contributed by atoms with van der Waals surface area (Å²) in [7, 11) is -4.19. The van der Waals surface area contributed by atoms with E-state index < -0.39 is 46.9 Å². The zero-order valence-corrected chi connectivity index (χ0v) is 64.4. The highest BCUT2D eigenvalue weighted by Gasteiger charge is 2.44. The molecule has 24 nitrogen and oxygen atoms in total. The van der Waals surface area contributed by atoms with E-state index in [1.807, 2.05) is 144 Å². The van der Waals surface area contributed by atoms with E-state index >= 15 is 0 Å². The first-order valence-corrected chi connectivity index (χ1v) is 41.0. The topological polar surface area (TPSA) is 275 Å². The van der Waals surface area contributed by atoms with E-state index in [0.29, 0.717) is 127 Å². The third kappa shape index (κ3) is 15.1. The van der Waals surface area contributed by atoms with Gasteiger partial charge in [0.15, 0.2) is 0 Å². The molecule has 3 N–H and O–H groups in total. The number of halogens is 3. The molecule has 3 aliphatic heterocycles. The van der Waals surface area contributed by atoms with Crippen LogP contribution in [0.5, 0.6) is 0 Å². The van der Waals surface area contributed by atoms with Crippen LogP contribution in [0.1, 0.15) is 123 Å². The first-order valence-electron chi connectivity index (χ1n) is 34.3. The molecule has 6 atom stereocenters. The average molecular weight is 1540 g/mol. The lowest BCUT2D eigenvalue weighted by Crippen LogP contribution is -2.49. The monoisotopic (exact) mass is 1540 g/mol. The molecule has 6 aliphatic rings. The lowest BCUT2D eigenvalue weighted by molar-refractivity contribution is 0.114. The van der Waals surface area contributed by atoms with Crippen molar-refractivity contribution in [2.45, 2.75) is 55.7 Å². The number of rotatable bonds is 12. The van der Waals surface area contributed by atoms with Crippen molar-refractivity contribution in [3.8, 4) is 0 Å². The molecule has 3 aliphatic carbocycles. The Morgan fingerprint density at radius 2 is 0.638 bits per heavy atom. The second-order valence-electron chi connectivity index (χ2n) is 28.0. The minimum Gasteiger partial charge on any atom is -0.379 e. The molecule has 3 saturated heterocycles. The van der Waals surface area contributed by atoms with Crippen LogP contribution in [0.3, 0.4) is 0 Å². The van der Waals surface area contributed by atoms with Gasteiger partial charge in [-0.1, -0.05) is 71.2 Å². The highest BCUT2D eigenvalue weighted by atomic mass is 35.5. The zero-order chi connectivity index (χ0) is 74.9. The van der Waals surface area contributed by atoms with Crippen molar-refractivity contribution < 1.29 is 40.6 Å². The normalized spacial score (nSPS) is 20.9. The second-order valence-corrected chi connectivity index (χ2v) is 35.2. The predicted octanol–water partition coefficient (Wildman–Crippen LogP) is 8.69. The van der Waals surface area contributed by atoms with Gasteiger partial charge in [0.25, 0.3) is 0 Å². The van der Waals surface area contributed by atoms with E-state index in [-0.39, 0.29) is 18.1 Å². The zero-order valence-electron chi connectivity index (χ0n) is 59.7. The van der Waals surface area contributed by atoms with Crippen molar-refractivity contribution in [2.75, 3.05) is 97.3 Å². The van der Waals surface area contributed by atoms with Crippen LogP contribution in [-0.4, -0.2) is 209 Å². The molecule has 9 heterocycles. The van der Waals surface area contributed by atoms with Crippen molar-refractivity contribution in [1.29, 1.82) is 0 Å². The van der Waals surface area contributed by atoms with E-state index in [0.717, 1.165) is 67.2 Å². The summed E-state index contributed by atoms with van der Waals surface area (Å²) in [6.07, 6.45) is 25.0. The number of pyridine rings is 3. The van der Waals surface area contributed by atoms with Gasteiger partial charge in [0.2, 0.25) is 30.1 Å². The molecule has 9 aromatic rings. The number of hydrogen-bond donors (Lipinski definition) is 3. The van der Waals surface area contributed by atoms with Crippen LogP contribution in [0.2, 0.25) is 15.1 Å². The van der Waals surface area contributed by atoms with E-state index in [1.54, 1.807) is 76.9 Å². The number of aliphatic hydroxyl groups is 3. The van der Waals surface area contributed by atoms with Gasteiger partial charge < -0.3 is 29.0 Å². The van der Waals surface area contributed by atoms with Crippen LogP contribution >= 0.6 is 34.8 Å². The Labute approximate surface area is 628 Å². The maximum Gasteiger partial charge on any atom is 0.211 e. The van der Waals surface area contributed by atoms with Crippen molar-refractivity contribution in [3.05, 3.63) is 246 Å². The number of sulfonamides is 3. The molecule has 0 radical (unpaired) electrons. The molecule has 0 spiro atoms. The van der Waals surface area contributed by atoms with Gasteiger partial charge in [-0.05, 0) is 160 Å². The van der Waals surface area contributed by atoms with E-state index in [9.17, 15) is 40.6 Å². The van der Waals surface area contributed by atoms with Gasteiger partial charge in [0.1, 0.15) is 16.8 Å². The quantitative estimate of drug-likeness (QED) is 0.103. The molecule has 6 aromatic heterocycles. The lowest BCUT2D eigenvalue weighted by Gasteiger charge is -2.39. The van der Waals surface area contributed by atoms with Crippen molar-refractivity contribution in [2.24, 2.45) is 21.1 Å². The first kappa shape index (κ1) is 75.6. The average Bonchev–Trinajstić information content (AvgIpc) is 1.64. The number of hydrogen-bond acceptors (Lipinski definition) is 18. The molecule has 15 rings (SSSR count). The first-order chi connectivity index (χ1) is 49.7. The Morgan fingerprint density at radius 1 is 0.390 bits per heavy atom. The van der Waals surface area contributed by atoms with Gasteiger partial charge in [-0.2, -0.15) is 12.9 Å². The van der Waals surface area contributed by atoms with Gasteiger partial charge in [0.05, 0.1) is 109 Å². The Kier molecular flexibility index (Phi) is 21.2. The number of aromatic nitrogens is 9. The third-order valence-electron chi connectivity index (χ3n) is 20.9. The van der Waals surface area contributed by atoms with Gasteiger partial charge in [-0.3, -0.25) is 29.7 Å². The highest BCUT2D eigenvalue weighted by Crippen LogP contribution is 2.50. The summed E-state index contributed by atoms with van der Waals surface area (Å²) in [5.74, 6) is 0. The summed E-state index contributed by atoms with van der Waals surface area (Å²) in [5.41, 5.74) is 10.6. The van der Waals surface area contributed by atoms with Crippen molar-refractivity contribution in [3.63, 3.8) is 0 Å². The summed E-state index contributed by atoms with van der Waals surface area (Å²) < 4.78 is 82.5. The maximum atomic E-state index is 12.1. The van der Waals surface area contributed by atoms with Crippen LogP contribution in [0.15, 0.2) is 147 Å². The number of fused-ring (bicyclic) bond motifs is 6. The van der Waals surface area contributed by atoms with E-state index in [1.165, 1.54) is 31.7 Å². The van der Waals surface area contributed by atoms with Gasteiger partial charge >= 0.3 is 0 Å². The third-order valence-corrected chi connectivity index (χ3v) is 25.5. The summed E-state index contributed by atoms with van der Waals surface area (Å²) in [5, 5.41) is 37.4. The number of benzene rings is 3. The van der Waals surface area contributed by atoms with Gasteiger partial charge in [-0.15, -0.1) is 0 Å². The fraction of sp³-hybridized carbons (Fsp3) is 0.360. The molecule has 0 saturated carbocycles. The number of aryl methyl sites for hydroxylation is 3. The molecule has 3 fully saturated rings. The minimum atomic E-state index is -3.25. The Balaban J connectivity index is 0.000000140. The summed E-state index contributed by atoms with van der Waals surface area (Å²) >= 11 is 19.5.